The lowest BCUT2D eigenvalue weighted by molar-refractivity contribution is -0.0848. The highest BCUT2D eigenvalue weighted by Gasteiger charge is 2.54. The van der Waals surface area contributed by atoms with Gasteiger partial charge in [0.1, 0.15) is 24.0 Å². The number of nitrogens with one attached hydrogen (secondary N) is 1. The zero-order valence-electron chi connectivity index (χ0n) is 18.1. The molecule has 5 rings (SSSR count). The fourth-order valence-electron chi connectivity index (χ4n) is 4.89. The lowest BCUT2D eigenvalue weighted by Crippen LogP contribution is -2.58. The minimum absolute atomic E-state index is 0.0363. The molecule has 2 fully saturated rings. The topological polar surface area (TPSA) is 121 Å². The largest absolute Gasteiger partial charge is 0.486 e. The van der Waals surface area contributed by atoms with Crippen LogP contribution in [-0.2, 0) is 0 Å². The fraction of sp³-hybridized carbons (Fsp3) is 0.391. The van der Waals surface area contributed by atoms with E-state index in [1.165, 1.54) is 23.0 Å². The zero-order valence-corrected chi connectivity index (χ0v) is 18.1. The Hall–Kier alpha value is -3.76. The number of halogens is 2. The molecule has 178 valence electrons. The molecule has 0 radical (unpaired) electrons. The molecule has 0 saturated heterocycles. The molecule has 0 bridgehead atoms. The van der Waals surface area contributed by atoms with Crippen LogP contribution in [0.4, 0.5) is 8.78 Å². The summed E-state index contributed by atoms with van der Waals surface area (Å²) in [6.07, 6.45) is 5.20. The van der Waals surface area contributed by atoms with Crippen LogP contribution < -0.4 is 20.5 Å². The van der Waals surface area contributed by atoms with E-state index < -0.39 is 18.9 Å². The maximum Gasteiger partial charge on any atom is 0.272 e. The number of ether oxygens (including phenoxy) is 2. The van der Waals surface area contributed by atoms with Crippen LogP contribution in [-0.4, -0.2) is 51.6 Å². The van der Waals surface area contributed by atoms with Crippen molar-refractivity contribution in [3.63, 3.8) is 0 Å². The van der Waals surface area contributed by atoms with Crippen LogP contribution in [0.15, 0.2) is 42.9 Å². The summed E-state index contributed by atoms with van der Waals surface area (Å²) in [5.74, 6) is -0.301. The van der Waals surface area contributed by atoms with Crippen LogP contribution in [0.3, 0.4) is 0 Å². The second-order valence-electron chi connectivity index (χ2n) is 8.90. The van der Waals surface area contributed by atoms with Gasteiger partial charge >= 0.3 is 0 Å². The van der Waals surface area contributed by atoms with E-state index in [9.17, 15) is 18.4 Å². The number of aromatic nitrogens is 3. The molecule has 11 heteroatoms. The second-order valence-corrected chi connectivity index (χ2v) is 8.90. The summed E-state index contributed by atoms with van der Waals surface area (Å²) in [6, 6.07) is 6.43. The molecule has 2 amide bonds. The predicted molar refractivity (Wildman–Crippen MR) is 116 cm³/mol. The van der Waals surface area contributed by atoms with Gasteiger partial charge < -0.3 is 20.5 Å². The van der Waals surface area contributed by atoms with Gasteiger partial charge in [-0.25, -0.2) is 18.3 Å². The van der Waals surface area contributed by atoms with Crippen LogP contribution in [0.1, 0.15) is 46.4 Å². The van der Waals surface area contributed by atoms with Crippen molar-refractivity contribution < 1.29 is 27.8 Å². The maximum atomic E-state index is 12.8. The molecule has 0 aliphatic heterocycles. The molecule has 0 atom stereocenters. The molecule has 2 aliphatic carbocycles. The third kappa shape index (κ3) is 4.25. The number of carbonyl (C=O) groups excluding carboxylic acids is 2. The van der Waals surface area contributed by atoms with Crippen molar-refractivity contribution in [3.05, 3.63) is 54.0 Å². The number of hydrogen-bond acceptors (Lipinski definition) is 6. The Bertz CT molecular complexity index is 1230. The van der Waals surface area contributed by atoms with E-state index >= 15 is 0 Å². The first-order chi connectivity index (χ1) is 16.3. The molecule has 3 aromatic heterocycles. The monoisotopic (exact) mass is 471 g/mol. The Balaban J connectivity index is 1.13. The van der Waals surface area contributed by atoms with Crippen molar-refractivity contribution in [1.82, 2.24) is 19.9 Å². The van der Waals surface area contributed by atoms with Gasteiger partial charge in [0.15, 0.2) is 0 Å². The summed E-state index contributed by atoms with van der Waals surface area (Å²) in [6.45, 7) is -0.705. The van der Waals surface area contributed by atoms with E-state index in [0.717, 1.165) is 25.7 Å². The highest BCUT2D eigenvalue weighted by Crippen LogP contribution is 2.56. The predicted octanol–water partition coefficient (Wildman–Crippen LogP) is 2.59. The van der Waals surface area contributed by atoms with Crippen LogP contribution in [0.2, 0.25) is 0 Å². The number of pyridine rings is 2. The lowest BCUT2D eigenvalue weighted by atomic mass is 9.53. The molecular weight excluding hydrogens is 448 g/mol. The van der Waals surface area contributed by atoms with Crippen molar-refractivity contribution >= 4 is 17.3 Å². The van der Waals surface area contributed by atoms with E-state index in [2.05, 4.69) is 15.4 Å². The molecule has 2 aliphatic rings. The van der Waals surface area contributed by atoms with Gasteiger partial charge in [-0.1, -0.05) is 0 Å². The molecule has 3 aromatic rings. The molecular formula is C23H23F2N5O4. The third-order valence-corrected chi connectivity index (χ3v) is 6.44. The van der Waals surface area contributed by atoms with E-state index in [1.807, 2.05) is 0 Å². The Morgan fingerprint density at radius 2 is 2.00 bits per heavy atom. The van der Waals surface area contributed by atoms with Gasteiger partial charge in [0.2, 0.25) is 5.88 Å². The van der Waals surface area contributed by atoms with E-state index in [1.54, 1.807) is 24.4 Å². The van der Waals surface area contributed by atoms with E-state index in [0.29, 0.717) is 11.1 Å². The normalized spacial score (nSPS) is 23.4. The Labute approximate surface area is 193 Å². The van der Waals surface area contributed by atoms with Gasteiger partial charge in [0, 0.05) is 12.2 Å². The molecule has 2 saturated carbocycles. The number of primary amides is 1. The van der Waals surface area contributed by atoms with Gasteiger partial charge in [0.05, 0.1) is 23.5 Å². The average molecular weight is 471 g/mol. The summed E-state index contributed by atoms with van der Waals surface area (Å²) >= 11 is 0. The summed E-state index contributed by atoms with van der Waals surface area (Å²) in [4.78, 5) is 28.4. The first-order valence-corrected chi connectivity index (χ1v) is 10.9. The van der Waals surface area contributed by atoms with Crippen molar-refractivity contribution in [2.75, 3.05) is 6.61 Å². The van der Waals surface area contributed by atoms with Crippen molar-refractivity contribution in [2.45, 2.75) is 44.3 Å². The quantitative estimate of drug-likeness (QED) is 0.521. The van der Waals surface area contributed by atoms with Gasteiger partial charge in [-0.15, -0.1) is 0 Å². The van der Waals surface area contributed by atoms with Gasteiger partial charge in [-0.2, -0.15) is 5.10 Å². The van der Waals surface area contributed by atoms with Crippen LogP contribution in [0.5, 0.6) is 11.6 Å². The summed E-state index contributed by atoms with van der Waals surface area (Å²) in [7, 11) is 0. The molecule has 0 unspecified atom stereocenters. The highest BCUT2D eigenvalue weighted by atomic mass is 19.3. The minimum Gasteiger partial charge on any atom is -0.486 e. The number of rotatable bonds is 8. The summed E-state index contributed by atoms with van der Waals surface area (Å²) < 4.78 is 37.0. The second kappa shape index (κ2) is 8.54. The molecule has 9 nitrogen and oxygen atoms in total. The summed E-state index contributed by atoms with van der Waals surface area (Å²) in [5, 5.41) is 7.18. The number of alkyl halides is 2. The van der Waals surface area contributed by atoms with Crippen molar-refractivity contribution in [3.8, 4) is 11.6 Å². The average Bonchev–Trinajstić information content (AvgIpc) is 3.18. The highest BCUT2D eigenvalue weighted by molar-refractivity contribution is 6.00. The van der Waals surface area contributed by atoms with Crippen LogP contribution in [0.25, 0.3) is 5.52 Å². The number of hydrogen-bond donors (Lipinski definition) is 2. The van der Waals surface area contributed by atoms with Crippen molar-refractivity contribution in [1.29, 1.82) is 0 Å². The van der Waals surface area contributed by atoms with Gasteiger partial charge in [0.25, 0.3) is 18.2 Å². The molecule has 34 heavy (non-hydrogen) atoms. The number of fused-ring (bicyclic) bond motifs is 1. The minimum atomic E-state index is -2.57. The zero-order chi connectivity index (χ0) is 23.9. The third-order valence-electron chi connectivity index (χ3n) is 6.44. The lowest BCUT2D eigenvalue weighted by Gasteiger charge is -2.57. The molecule has 1 spiro atoms. The smallest absolute Gasteiger partial charge is 0.272 e. The number of amides is 2. The molecule has 3 heterocycles. The number of nitrogens with two attached hydrogens (primary N) is 1. The SMILES string of the molecule is NC(=O)c1cccnc1OC1CC2(CC(NC(=O)c3cnn4cc(OCC(F)F)ccc34)C2)C1. The first kappa shape index (κ1) is 22.1. The Morgan fingerprint density at radius 1 is 1.21 bits per heavy atom. The van der Waals surface area contributed by atoms with E-state index in [4.69, 9.17) is 15.2 Å². The van der Waals surface area contributed by atoms with Crippen molar-refractivity contribution in [2.24, 2.45) is 11.1 Å². The van der Waals surface area contributed by atoms with E-state index in [-0.39, 0.29) is 40.7 Å². The Morgan fingerprint density at radius 3 is 2.74 bits per heavy atom. The summed E-state index contributed by atoms with van der Waals surface area (Å²) in [5.41, 5.74) is 6.74. The maximum absolute atomic E-state index is 12.8. The van der Waals surface area contributed by atoms with Gasteiger partial charge in [-0.3, -0.25) is 9.59 Å². The molecule has 3 N–H and O–H groups in total. The number of nitrogens with zero attached hydrogens (tertiary/aromatic N) is 3. The van der Waals surface area contributed by atoms with Crippen LogP contribution >= 0.6 is 0 Å². The van der Waals surface area contributed by atoms with Gasteiger partial charge in [-0.05, 0) is 55.4 Å². The standard InChI is InChI=1S/C23H23F2N5O4/c24-19(25)12-33-14-3-4-18-17(10-28-30(18)11-14)21(32)29-13-6-23(7-13)8-15(9-23)34-22-16(20(26)31)2-1-5-27-22/h1-5,10-11,13,15,19H,6-9,12H2,(H2,26,31)(H,29,32). The fourth-order valence-corrected chi connectivity index (χ4v) is 4.89. The number of carbonyl (C=O) groups is 2. The van der Waals surface area contributed by atoms with Crippen LogP contribution in [0, 0.1) is 5.41 Å². The first-order valence-electron chi connectivity index (χ1n) is 10.9. The Kier molecular flexibility index (Phi) is 5.54. The molecule has 0 aromatic carbocycles.